The van der Waals surface area contributed by atoms with Gasteiger partial charge in [-0.05, 0) is 44.0 Å². The Kier molecular flexibility index (Phi) is 3.84. The van der Waals surface area contributed by atoms with E-state index in [-0.39, 0.29) is 22.7 Å². The second kappa shape index (κ2) is 5.60. The summed E-state index contributed by atoms with van der Waals surface area (Å²) in [6, 6.07) is 10.2. The Morgan fingerprint density at radius 1 is 1.23 bits per heavy atom. The van der Waals surface area contributed by atoms with E-state index in [1.165, 1.54) is 0 Å². The highest BCUT2D eigenvalue weighted by Gasteiger charge is 2.29. The minimum atomic E-state index is -0.346. The van der Waals surface area contributed by atoms with Crippen LogP contribution in [0.1, 0.15) is 29.8 Å². The molecule has 1 aliphatic heterocycles. The Morgan fingerprint density at radius 3 is 2.50 bits per heavy atom. The van der Waals surface area contributed by atoms with E-state index < -0.39 is 0 Å². The Bertz CT molecular complexity index is 783. The van der Waals surface area contributed by atoms with Crippen LogP contribution >= 0.6 is 0 Å². The third kappa shape index (κ3) is 2.90. The van der Waals surface area contributed by atoms with E-state index in [9.17, 15) is 4.79 Å². The second-order valence-electron chi connectivity index (χ2n) is 5.60. The van der Waals surface area contributed by atoms with Crippen molar-refractivity contribution in [2.24, 2.45) is 0 Å². The first-order valence-corrected chi connectivity index (χ1v) is 6.57. The molecule has 0 aromatic heterocycles. The molecule has 108 valence electrons. The quantitative estimate of drug-likeness (QED) is 0.809. The van der Waals surface area contributed by atoms with Crippen LogP contribution in [0.15, 0.2) is 29.5 Å². The standard InChI is InChI=1S/C16H13N5O/c1-16(2)6-10-5-12(3-4-13(10)15(22)21-16)20-14(9-19)11(7-17)8-18/h3-5,20H,6H2,1-2H3,(H,21,22). The highest BCUT2D eigenvalue weighted by molar-refractivity contribution is 5.97. The van der Waals surface area contributed by atoms with Crippen LogP contribution in [0, 0.1) is 34.0 Å². The molecule has 1 amide bonds. The number of nitrogens with one attached hydrogen (secondary N) is 2. The normalized spacial score (nSPS) is 14.4. The zero-order chi connectivity index (χ0) is 16.3. The molecule has 0 saturated heterocycles. The molecule has 1 aliphatic rings. The predicted molar refractivity (Wildman–Crippen MR) is 79.2 cm³/mol. The Morgan fingerprint density at radius 2 is 1.91 bits per heavy atom. The van der Waals surface area contributed by atoms with Gasteiger partial charge in [0.15, 0.2) is 5.57 Å². The van der Waals surface area contributed by atoms with Gasteiger partial charge in [0.25, 0.3) is 5.91 Å². The smallest absolute Gasteiger partial charge is 0.251 e. The van der Waals surface area contributed by atoms with Gasteiger partial charge in [0.05, 0.1) is 0 Å². The van der Waals surface area contributed by atoms with Crippen molar-refractivity contribution in [3.8, 4) is 18.2 Å². The van der Waals surface area contributed by atoms with Crippen LogP contribution in [0.4, 0.5) is 5.69 Å². The number of amides is 1. The molecule has 0 bridgehead atoms. The third-order valence-electron chi connectivity index (χ3n) is 3.29. The van der Waals surface area contributed by atoms with Crippen molar-refractivity contribution in [2.75, 3.05) is 5.32 Å². The van der Waals surface area contributed by atoms with E-state index in [0.29, 0.717) is 17.7 Å². The van der Waals surface area contributed by atoms with Gasteiger partial charge in [0, 0.05) is 16.8 Å². The van der Waals surface area contributed by atoms with E-state index in [1.54, 1.807) is 36.4 Å². The van der Waals surface area contributed by atoms with Crippen LogP contribution in [0.2, 0.25) is 0 Å². The number of hydrogen-bond acceptors (Lipinski definition) is 5. The first-order valence-electron chi connectivity index (χ1n) is 6.57. The van der Waals surface area contributed by atoms with Gasteiger partial charge in [-0.25, -0.2) is 0 Å². The lowest BCUT2D eigenvalue weighted by Gasteiger charge is -2.32. The number of nitriles is 3. The SMILES string of the molecule is CC1(C)Cc2cc(NC(C#N)=C(C#N)C#N)ccc2C(=O)N1. The molecular weight excluding hydrogens is 278 g/mol. The molecule has 2 N–H and O–H groups in total. The first kappa shape index (κ1) is 15.1. The number of fused-ring (bicyclic) bond motifs is 1. The molecule has 0 fully saturated rings. The summed E-state index contributed by atoms with van der Waals surface area (Å²) in [7, 11) is 0. The fourth-order valence-electron chi connectivity index (χ4n) is 2.36. The van der Waals surface area contributed by atoms with Gasteiger partial charge in [0.1, 0.15) is 23.9 Å². The number of anilines is 1. The lowest BCUT2D eigenvalue weighted by molar-refractivity contribution is 0.0897. The molecule has 6 heteroatoms. The maximum absolute atomic E-state index is 12.0. The van der Waals surface area contributed by atoms with Crippen LogP contribution in [0.5, 0.6) is 0 Å². The van der Waals surface area contributed by atoms with Gasteiger partial charge in [-0.1, -0.05) is 0 Å². The van der Waals surface area contributed by atoms with E-state index >= 15 is 0 Å². The molecule has 1 aromatic rings. The first-order chi connectivity index (χ1) is 10.4. The van der Waals surface area contributed by atoms with E-state index in [4.69, 9.17) is 15.8 Å². The lowest BCUT2D eigenvalue weighted by Crippen LogP contribution is -2.49. The summed E-state index contributed by atoms with van der Waals surface area (Å²) in [6.45, 7) is 3.86. The van der Waals surface area contributed by atoms with Crippen molar-refractivity contribution < 1.29 is 4.79 Å². The lowest BCUT2D eigenvalue weighted by atomic mass is 9.87. The number of benzene rings is 1. The average Bonchev–Trinajstić information content (AvgIpc) is 2.45. The number of hydrogen-bond donors (Lipinski definition) is 2. The molecule has 1 heterocycles. The fourth-order valence-corrected chi connectivity index (χ4v) is 2.36. The largest absolute Gasteiger partial charge is 0.347 e. The molecule has 6 nitrogen and oxygen atoms in total. The van der Waals surface area contributed by atoms with Crippen molar-refractivity contribution in [3.63, 3.8) is 0 Å². The number of carbonyl (C=O) groups is 1. The summed E-state index contributed by atoms with van der Waals surface area (Å²) in [5.41, 5.74) is 1.27. The molecule has 0 saturated carbocycles. The Balaban J connectivity index is 2.40. The minimum Gasteiger partial charge on any atom is -0.347 e. The number of allylic oxidation sites excluding steroid dienone is 2. The van der Waals surface area contributed by atoms with Gasteiger partial charge in [-0.15, -0.1) is 0 Å². The minimum absolute atomic E-state index is 0.107. The van der Waals surface area contributed by atoms with Crippen molar-refractivity contribution in [1.82, 2.24) is 5.32 Å². The van der Waals surface area contributed by atoms with Crippen LogP contribution < -0.4 is 10.6 Å². The molecule has 22 heavy (non-hydrogen) atoms. The van der Waals surface area contributed by atoms with Crippen LogP contribution in [0.3, 0.4) is 0 Å². The van der Waals surface area contributed by atoms with Crippen molar-refractivity contribution >= 4 is 11.6 Å². The van der Waals surface area contributed by atoms with E-state index in [1.807, 2.05) is 13.8 Å². The molecule has 0 radical (unpaired) electrons. The Hall–Kier alpha value is -3.30. The summed E-state index contributed by atoms with van der Waals surface area (Å²) in [6.07, 6.45) is 0.651. The number of nitrogens with zero attached hydrogens (tertiary/aromatic N) is 3. The maximum atomic E-state index is 12.0. The maximum Gasteiger partial charge on any atom is 0.251 e. The highest BCUT2D eigenvalue weighted by atomic mass is 16.1. The molecule has 2 rings (SSSR count). The van der Waals surface area contributed by atoms with Crippen LogP contribution in [-0.2, 0) is 6.42 Å². The number of carbonyl (C=O) groups excluding carboxylic acids is 1. The van der Waals surface area contributed by atoms with Crippen molar-refractivity contribution in [3.05, 3.63) is 40.6 Å². The third-order valence-corrected chi connectivity index (χ3v) is 3.29. The summed E-state index contributed by atoms with van der Waals surface area (Å²) in [5, 5.41) is 32.4. The van der Waals surface area contributed by atoms with Crippen LogP contribution in [0.25, 0.3) is 0 Å². The fraction of sp³-hybridized carbons (Fsp3) is 0.250. The van der Waals surface area contributed by atoms with Gasteiger partial charge in [-0.3, -0.25) is 4.79 Å². The second-order valence-corrected chi connectivity index (χ2v) is 5.60. The van der Waals surface area contributed by atoms with Gasteiger partial charge >= 0.3 is 0 Å². The summed E-state index contributed by atoms with van der Waals surface area (Å²) in [5.74, 6) is -0.136. The zero-order valence-electron chi connectivity index (χ0n) is 12.2. The molecule has 0 unspecified atom stereocenters. The van der Waals surface area contributed by atoms with E-state index in [2.05, 4.69) is 10.6 Å². The predicted octanol–water partition coefficient (Wildman–Crippen LogP) is 1.99. The molecule has 0 atom stereocenters. The van der Waals surface area contributed by atoms with Crippen LogP contribution in [-0.4, -0.2) is 11.4 Å². The average molecular weight is 291 g/mol. The molecular formula is C16H13N5O. The van der Waals surface area contributed by atoms with Gasteiger partial charge in [0.2, 0.25) is 0 Å². The summed E-state index contributed by atoms with van der Waals surface area (Å²) >= 11 is 0. The van der Waals surface area contributed by atoms with Crippen molar-refractivity contribution in [1.29, 1.82) is 15.8 Å². The van der Waals surface area contributed by atoms with E-state index in [0.717, 1.165) is 5.56 Å². The molecule has 0 spiro atoms. The zero-order valence-corrected chi connectivity index (χ0v) is 12.2. The van der Waals surface area contributed by atoms with Gasteiger partial charge in [-0.2, -0.15) is 15.8 Å². The molecule has 1 aromatic carbocycles. The summed E-state index contributed by atoms with van der Waals surface area (Å²) < 4.78 is 0. The monoisotopic (exact) mass is 291 g/mol. The molecule has 0 aliphatic carbocycles. The van der Waals surface area contributed by atoms with Crippen molar-refractivity contribution in [2.45, 2.75) is 25.8 Å². The highest BCUT2D eigenvalue weighted by Crippen LogP contribution is 2.26. The topological polar surface area (TPSA) is 112 Å². The number of rotatable bonds is 2. The summed E-state index contributed by atoms with van der Waals surface area (Å²) in [4.78, 5) is 12.0. The Labute approximate surface area is 128 Å². The van der Waals surface area contributed by atoms with Gasteiger partial charge < -0.3 is 10.6 Å².